The minimum absolute atomic E-state index is 0.0320. The van der Waals surface area contributed by atoms with E-state index in [-0.39, 0.29) is 18.1 Å². The van der Waals surface area contributed by atoms with Crippen LogP contribution in [0.1, 0.15) is 25.4 Å². The van der Waals surface area contributed by atoms with Gasteiger partial charge in [0, 0.05) is 36.9 Å². The van der Waals surface area contributed by atoms with Crippen molar-refractivity contribution in [3.63, 3.8) is 0 Å². The predicted molar refractivity (Wildman–Crippen MR) is 128 cm³/mol. The van der Waals surface area contributed by atoms with Crippen LogP contribution in [0.25, 0.3) is 21.9 Å². The van der Waals surface area contributed by atoms with Crippen LogP contribution in [0.2, 0.25) is 0 Å². The van der Waals surface area contributed by atoms with Gasteiger partial charge < -0.3 is 15.2 Å². The molecule has 0 fully saturated rings. The number of likely N-dealkylation sites (N-methyl/N-ethyl adjacent to an activating group) is 1. The smallest absolute Gasteiger partial charge is 0.277 e. The fraction of sp³-hybridized carbons (Fsp3) is 0.333. The van der Waals surface area contributed by atoms with Gasteiger partial charge in [-0.2, -0.15) is 0 Å². The molecule has 3 heterocycles. The highest BCUT2D eigenvalue weighted by Gasteiger charge is 2.19. The van der Waals surface area contributed by atoms with E-state index < -0.39 is 0 Å². The van der Waals surface area contributed by atoms with E-state index in [0.717, 1.165) is 16.6 Å². The molecule has 0 spiro atoms. The summed E-state index contributed by atoms with van der Waals surface area (Å²) in [5.41, 5.74) is 8.73. The first-order valence-electron chi connectivity index (χ1n) is 10.6. The van der Waals surface area contributed by atoms with Crippen LogP contribution in [0.4, 0.5) is 5.95 Å². The second-order valence-corrected chi connectivity index (χ2v) is 8.01. The number of pyridine rings is 1. The summed E-state index contributed by atoms with van der Waals surface area (Å²) in [6.45, 7) is 6.93. The van der Waals surface area contributed by atoms with Crippen molar-refractivity contribution in [3.8, 4) is 11.8 Å². The van der Waals surface area contributed by atoms with Crippen molar-refractivity contribution < 1.29 is 0 Å². The first kappa shape index (κ1) is 21.5. The summed E-state index contributed by atoms with van der Waals surface area (Å²) in [5, 5.41) is 1.01. The lowest BCUT2D eigenvalue weighted by molar-refractivity contribution is 0.686. The lowest BCUT2D eigenvalue weighted by Crippen LogP contribution is -2.34. The molecule has 32 heavy (non-hydrogen) atoms. The van der Waals surface area contributed by atoms with Crippen molar-refractivity contribution in [2.75, 3.05) is 18.5 Å². The molecule has 0 saturated heterocycles. The Morgan fingerprint density at radius 2 is 1.94 bits per heavy atom. The quantitative estimate of drug-likeness (QED) is 0.473. The summed E-state index contributed by atoms with van der Waals surface area (Å²) >= 11 is 0. The van der Waals surface area contributed by atoms with E-state index in [4.69, 9.17) is 10.7 Å². The van der Waals surface area contributed by atoms with Gasteiger partial charge >= 0.3 is 0 Å². The van der Waals surface area contributed by atoms with Crippen LogP contribution < -0.4 is 16.2 Å². The highest BCUT2D eigenvalue weighted by atomic mass is 16.1. The summed E-state index contributed by atoms with van der Waals surface area (Å²) in [6.07, 6.45) is 1.75. The summed E-state index contributed by atoms with van der Waals surface area (Å²) in [6, 6.07) is 9.69. The average molecular weight is 430 g/mol. The van der Waals surface area contributed by atoms with Gasteiger partial charge in [-0.15, -0.1) is 5.92 Å². The number of hydrogen-bond donors (Lipinski definition) is 1. The van der Waals surface area contributed by atoms with E-state index in [1.54, 1.807) is 17.7 Å². The van der Waals surface area contributed by atoms with Gasteiger partial charge in [-0.05, 0) is 32.9 Å². The maximum Gasteiger partial charge on any atom is 0.277 e. The Labute approximate surface area is 186 Å². The highest BCUT2D eigenvalue weighted by molar-refractivity contribution is 5.80. The number of aromatic nitrogens is 5. The average Bonchev–Trinajstić information content (AvgIpc) is 3.13. The Bertz CT molecular complexity index is 1410. The minimum Gasteiger partial charge on any atom is -0.344 e. The summed E-state index contributed by atoms with van der Waals surface area (Å²) in [7, 11) is 1.92. The van der Waals surface area contributed by atoms with Crippen molar-refractivity contribution in [2.24, 2.45) is 5.73 Å². The molecule has 0 amide bonds. The van der Waals surface area contributed by atoms with Gasteiger partial charge in [0.2, 0.25) is 5.95 Å². The molecule has 0 saturated carbocycles. The molecule has 0 radical (unpaired) electrons. The molecule has 0 aliphatic rings. The van der Waals surface area contributed by atoms with Crippen LogP contribution in [-0.4, -0.2) is 43.7 Å². The third-order valence-electron chi connectivity index (χ3n) is 5.32. The molecule has 4 rings (SSSR count). The zero-order chi connectivity index (χ0) is 22.8. The lowest BCUT2D eigenvalue weighted by atomic mass is 10.2. The normalized spacial score (nSPS) is 12.0. The number of rotatable bonds is 6. The highest BCUT2D eigenvalue weighted by Crippen LogP contribution is 2.20. The molecule has 3 aromatic heterocycles. The Morgan fingerprint density at radius 1 is 1.16 bits per heavy atom. The van der Waals surface area contributed by atoms with Crippen LogP contribution in [0.3, 0.4) is 0 Å². The first-order valence-corrected chi connectivity index (χ1v) is 10.6. The zero-order valence-electron chi connectivity index (χ0n) is 18.8. The lowest BCUT2D eigenvalue weighted by Gasteiger charge is -2.20. The number of fused-ring (bicyclic) bond motifs is 2. The van der Waals surface area contributed by atoms with Crippen LogP contribution in [0.5, 0.6) is 0 Å². The second kappa shape index (κ2) is 8.81. The number of imidazole rings is 1. The molecule has 4 aromatic rings. The zero-order valence-corrected chi connectivity index (χ0v) is 18.8. The van der Waals surface area contributed by atoms with Gasteiger partial charge in [0.15, 0.2) is 0 Å². The Balaban J connectivity index is 1.81. The number of para-hydroxylation sites is 1. The number of aryl methyl sites for hydroxylation is 1. The minimum atomic E-state index is -0.150. The summed E-state index contributed by atoms with van der Waals surface area (Å²) in [4.78, 5) is 29.4. The molecule has 1 aromatic carbocycles. The molecule has 0 aliphatic carbocycles. The van der Waals surface area contributed by atoms with Crippen LogP contribution in [0, 0.1) is 18.8 Å². The van der Waals surface area contributed by atoms with Crippen LogP contribution in [-0.2, 0) is 13.1 Å². The molecular weight excluding hydrogens is 402 g/mol. The summed E-state index contributed by atoms with van der Waals surface area (Å²) in [5.74, 6) is 7.23. The molecule has 1 unspecified atom stereocenters. The number of nitrogens with two attached hydrogens (primary N) is 1. The van der Waals surface area contributed by atoms with E-state index in [1.807, 2.05) is 60.7 Å². The molecule has 2 N–H and O–H groups in total. The predicted octanol–water partition coefficient (Wildman–Crippen LogP) is 2.30. The Morgan fingerprint density at radius 3 is 2.69 bits per heavy atom. The van der Waals surface area contributed by atoms with E-state index in [1.165, 1.54) is 0 Å². The van der Waals surface area contributed by atoms with E-state index in [2.05, 4.69) is 21.8 Å². The molecule has 0 bridgehead atoms. The fourth-order valence-corrected chi connectivity index (χ4v) is 3.92. The van der Waals surface area contributed by atoms with Crippen LogP contribution in [0.15, 0.2) is 41.3 Å². The van der Waals surface area contributed by atoms with Crippen molar-refractivity contribution in [2.45, 2.75) is 39.9 Å². The van der Waals surface area contributed by atoms with Crippen molar-refractivity contribution >= 4 is 27.9 Å². The third-order valence-corrected chi connectivity index (χ3v) is 5.32. The fourth-order valence-electron chi connectivity index (χ4n) is 3.92. The third kappa shape index (κ3) is 4.07. The molecule has 8 nitrogen and oxygen atoms in total. The topological polar surface area (TPSA) is 94.9 Å². The molecular formula is C24H27N7O. The first-order chi connectivity index (χ1) is 15.4. The maximum atomic E-state index is 13.5. The Hall–Kier alpha value is -3.70. The maximum absolute atomic E-state index is 13.5. The molecule has 8 heteroatoms. The van der Waals surface area contributed by atoms with E-state index >= 15 is 0 Å². The molecule has 1 atom stereocenters. The standard InChI is InChI=1S/C24H27N7O/c1-5-6-12-31-22-20(28-24(31)29(4)14-16(2)25)11-13-30(23(22)32)15-21-26-17(3)18-9-7-8-10-19(18)27-21/h7-11,13,16H,12,14-15,25H2,1-4H3. The number of hydrogen-bond acceptors (Lipinski definition) is 6. The van der Waals surface area contributed by atoms with Crippen molar-refractivity contribution in [3.05, 3.63) is 58.4 Å². The van der Waals surface area contributed by atoms with Gasteiger partial charge in [-0.1, -0.05) is 24.1 Å². The number of benzene rings is 1. The largest absolute Gasteiger partial charge is 0.344 e. The molecule has 0 aliphatic heterocycles. The van der Waals surface area contributed by atoms with Gasteiger partial charge in [-0.25, -0.2) is 15.0 Å². The van der Waals surface area contributed by atoms with Gasteiger partial charge in [0.05, 0.1) is 24.1 Å². The summed E-state index contributed by atoms with van der Waals surface area (Å²) < 4.78 is 3.48. The van der Waals surface area contributed by atoms with E-state index in [0.29, 0.717) is 35.9 Å². The molecule has 164 valence electrons. The monoisotopic (exact) mass is 429 g/mol. The van der Waals surface area contributed by atoms with Gasteiger partial charge in [-0.3, -0.25) is 9.36 Å². The number of anilines is 1. The van der Waals surface area contributed by atoms with Crippen LogP contribution >= 0.6 is 0 Å². The van der Waals surface area contributed by atoms with Gasteiger partial charge in [0.1, 0.15) is 11.3 Å². The van der Waals surface area contributed by atoms with Crippen molar-refractivity contribution in [1.29, 1.82) is 0 Å². The SMILES string of the molecule is CC#CCn1c(N(C)CC(C)N)nc2ccn(Cc3nc(C)c4ccccc4n3)c(=O)c21. The Kier molecular flexibility index (Phi) is 5.93. The van der Waals surface area contributed by atoms with Crippen molar-refractivity contribution in [1.82, 2.24) is 24.1 Å². The number of nitrogens with zero attached hydrogens (tertiary/aromatic N) is 6. The second-order valence-electron chi connectivity index (χ2n) is 8.01. The van der Waals surface area contributed by atoms with E-state index in [9.17, 15) is 4.79 Å². The van der Waals surface area contributed by atoms with Gasteiger partial charge in [0.25, 0.3) is 5.56 Å².